The van der Waals surface area contributed by atoms with Crippen LogP contribution in [0, 0.1) is 20.8 Å². The van der Waals surface area contributed by atoms with Crippen molar-refractivity contribution in [1.82, 2.24) is 10.6 Å². The maximum absolute atomic E-state index is 11.7. The highest BCUT2D eigenvalue weighted by atomic mass is 35.5. The van der Waals surface area contributed by atoms with Crippen molar-refractivity contribution in [1.29, 1.82) is 0 Å². The molecule has 6 heteroatoms. The molecule has 0 spiro atoms. The number of carbonyl (C=O) groups is 1. The van der Waals surface area contributed by atoms with E-state index < -0.39 is 0 Å². The van der Waals surface area contributed by atoms with Crippen LogP contribution in [0.2, 0.25) is 0 Å². The molecule has 0 radical (unpaired) electrons. The summed E-state index contributed by atoms with van der Waals surface area (Å²) in [6.45, 7) is 8.83. The second kappa shape index (κ2) is 11.3. The lowest BCUT2D eigenvalue weighted by Crippen LogP contribution is -2.35. The number of halogens is 1. The minimum absolute atomic E-state index is 0. The zero-order valence-corrected chi connectivity index (χ0v) is 14.6. The van der Waals surface area contributed by atoms with Crippen molar-refractivity contribution in [2.24, 2.45) is 0 Å². The summed E-state index contributed by atoms with van der Waals surface area (Å²) in [7, 11) is 1.66. The molecule has 0 aliphatic carbocycles. The van der Waals surface area contributed by atoms with Crippen LogP contribution in [0.15, 0.2) is 12.1 Å². The molecule has 0 fully saturated rings. The van der Waals surface area contributed by atoms with Gasteiger partial charge >= 0.3 is 0 Å². The minimum atomic E-state index is -0.108. The number of hydrogen-bond acceptors (Lipinski definition) is 4. The van der Waals surface area contributed by atoms with Crippen molar-refractivity contribution in [3.63, 3.8) is 0 Å². The smallest absolute Gasteiger partial charge is 0.257 e. The number of ether oxygens (including phenoxy) is 2. The first kappa shape index (κ1) is 20.7. The normalized spacial score (nSPS) is 10.0. The fourth-order valence-electron chi connectivity index (χ4n) is 2.17. The van der Waals surface area contributed by atoms with E-state index in [0.717, 1.165) is 30.0 Å². The number of hydrogen-bond donors (Lipinski definition) is 2. The Hall–Kier alpha value is -1.30. The molecule has 22 heavy (non-hydrogen) atoms. The molecule has 126 valence electrons. The molecule has 1 aromatic rings. The van der Waals surface area contributed by atoms with Gasteiger partial charge in [0, 0.05) is 26.7 Å². The molecule has 1 aromatic carbocycles. The van der Waals surface area contributed by atoms with Crippen molar-refractivity contribution in [3.8, 4) is 5.75 Å². The molecule has 1 amide bonds. The lowest BCUT2D eigenvalue weighted by molar-refractivity contribution is -0.123. The maximum Gasteiger partial charge on any atom is 0.257 e. The highest BCUT2D eigenvalue weighted by molar-refractivity contribution is 5.85. The molecular weight excluding hydrogens is 304 g/mol. The lowest BCUT2D eigenvalue weighted by Gasteiger charge is -2.13. The molecule has 2 N–H and O–H groups in total. The Kier molecular flexibility index (Phi) is 10.6. The third-order valence-corrected chi connectivity index (χ3v) is 3.06. The molecule has 0 unspecified atom stereocenters. The van der Waals surface area contributed by atoms with E-state index in [1.54, 1.807) is 7.11 Å². The average Bonchev–Trinajstić information content (AvgIpc) is 2.41. The molecule has 0 bridgehead atoms. The Morgan fingerprint density at radius 3 is 2.32 bits per heavy atom. The van der Waals surface area contributed by atoms with Gasteiger partial charge in [-0.1, -0.05) is 17.7 Å². The van der Waals surface area contributed by atoms with Gasteiger partial charge in [0.2, 0.25) is 0 Å². The van der Waals surface area contributed by atoms with Crippen LogP contribution in [-0.4, -0.2) is 45.9 Å². The predicted molar refractivity (Wildman–Crippen MR) is 91.2 cm³/mol. The van der Waals surface area contributed by atoms with E-state index in [0.29, 0.717) is 13.2 Å². The first-order chi connectivity index (χ1) is 10.0. The van der Waals surface area contributed by atoms with E-state index in [1.165, 1.54) is 5.56 Å². The standard InChI is InChI=1S/C16H26N2O3.ClH/c1-12-9-13(2)16(14(3)10-12)21-11-15(19)18-6-5-17-7-8-20-4;/h9-10,17H,5-8,11H2,1-4H3,(H,18,19);1H. The molecule has 0 saturated heterocycles. The highest BCUT2D eigenvalue weighted by Gasteiger charge is 2.07. The van der Waals surface area contributed by atoms with Gasteiger partial charge < -0.3 is 20.1 Å². The Bertz CT molecular complexity index is 444. The van der Waals surface area contributed by atoms with E-state index in [1.807, 2.05) is 20.8 Å². The number of nitrogens with one attached hydrogen (secondary N) is 2. The van der Waals surface area contributed by atoms with Gasteiger partial charge in [-0.15, -0.1) is 12.4 Å². The Morgan fingerprint density at radius 1 is 1.09 bits per heavy atom. The molecule has 0 aromatic heterocycles. The van der Waals surface area contributed by atoms with Gasteiger partial charge in [-0.2, -0.15) is 0 Å². The van der Waals surface area contributed by atoms with Crippen molar-refractivity contribution < 1.29 is 14.3 Å². The quantitative estimate of drug-likeness (QED) is 0.677. The molecule has 0 saturated carbocycles. The third kappa shape index (κ3) is 7.64. The van der Waals surface area contributed by atoms with Crippen LogP contribution in [-0.2, 0) is 9.53 Å². The van der Waals surface area contributed by atoms with E-state index in [2.05, 4.69) is 22.8 Å². The second-order valence-corrected chi connectivity index (χ2v) is 5.11. The Balaban J connectivity index is 0.00000441. The Morgan fingerprint density at radius 2 is 1.73 bits per heavy atom. The van der Waals surface area contributed by atoms with Crippen LogP contribution < -0.4 is 15.4 Å². The van der Waals surface area contributed by atoms with Crippen LogP contribution >= 0.6 is 12.4 Å². The Labute approximate surface area is 139 Å². The number of amides is 1. The van der Waals surface area contributed by atoms with Crippen LogP contribution in [0.1, 0.15) is 16.7 Å². The van der Waals surface area contributed by atoms with Gasteiger partial charge in [0.1, 0.15) is 5.75 Å². The van der Waals surface area contributed by atoms with Crippen LogP contribution in [0.25, 0.3) is 0 Å². The van der Waals surface area contributed by atoms with Crippen LogP contribution in [0.3, 0.4) is 0 Å². The molecular formula is C16H27ClN2O3. The number of aryl methyl sites for hydroxylation is 3. The van der Waals surface area contributed by atoms with Crippen molar-refractivity contribution >= 4 is 18.3 Å². The van der Waals surface area contributed by atoms with Crippen molar-refractivity contribution in [3.05, 3.63) is 28.8 Å². The number of rotatable bonds is 9. The van der Waals surface area contributed by atoms with Gasteiger partial charge in [0.05, 0.1) is 6.61 Å². The summed E-state index contributed by atoms with van der Waals surface area (Å²) in [6, 6.07) is 4.11. The summed E-state index contributed by atoms with van der Waals surface area (Å²) in [5.41, 5.74) is 3.31. The van der Waals surface area contributed by atoms with Gasteiger partial charge in [0.25, 0.3) is 5.91 Å². The van der Waals surface area contributed by atoms with E-state index in [4.69, 9.17) is 9.47 Å². The van der Waals surface area contributed by atoms with Crippen LogP contribution in [0.5, 0.6) is 5.75 Å². The molecule has 0 heterocycles. The molecule has 0 atom stereocenters. The van der Waals surface area contributed by atoms with E-state index in [9.17, 15) is 4.79 Å². The fraction of sp³-hybridized carbons (Fsp3) is 0.562. The predicted octanol–water partition coefficient (Wildman–Crippen LogP) is 1.76. The number of carbonyl (C=O) groups excluding carboxylic acids is 1. The zero-order valence-electron chi connectivity index (χ0n) is 13.8. The van der Waals surface area contributed by atoms with Gasteiger partial charge in [-0.05, 0) is 31.9 Å². The third-order valence-electron chi connectivity index (χ3n) is 3.06. The largest absolute Gasteiger partial charge is 0.483 e. The molecule has 0 aliphatic heterocycles. The minimum Gasteiger partial charge on any atom is -0.483 e. The first-order valence-corrected chi connectivity index (χ1v) is 7.21. The summed E-state index contributed by atoms with van der Waals surface area (Å²) in [5.74, 6) is 0.692. The molecule has 0 aliphatic rings. The van der Waals surface area contributed by atoms with Crippen molar-refractivity contribution in [2.45, 2.75) is 20.8 Å². The monoisotopic (exact) mass is 330 g/mol. The SMILES string of the molecule is COCCNCCNC(=O)COc1c(C)cc(C)cc1C.Cl. The number of methoxy groups -OCH3 is 1. The van der Waals surface area contributed by atoms with Crippen molar-refractivity contribution in [2.75, 3.05) is 40.0 Å². The zero-order chi connectivity index (χ0) is 15.7. The van der Waals surface area contributed by atoms with E-state index in [-0.39, 0.29) is 24.9 Å². The first-order valence-electron chi connectivity index (χ1n) is 7.21. The summed E-state index contributed by atoms with van der Waals surface area (Å²) in [5, 5.41) is 5.97. The fourth-order valence-corrected chi connectivity index (χ4v) is 2.17. The average molecular weight is 331 g/mol. The lowest BCUT2D eigenvalue weighted by atomic mass is 10.1. The van der Waals surface area contributed by atoms with Gasteiger partial charge in [-0.3, -0.25) is 4.79 Å². The van der Waals surface area contributed by atoms with E-state index >= 15 is 0 Å². The second-order valence-electron chi connectivity index (χ2n) is 5.11. The maximum atomic E-state index is 11.7. The highest BCUT2D eigenvalue weighted by Crippen LogP contribution is 2.24. The summed E-state index contributed by atoms with van der Waals surface area (Å²) >= 11 is 0. The molecule has 1 rings (SSSR count). The van der Waals surface area contributed by atoms with Gasteiger partial charge in [0.15, 0.2) is 6.61 Å². The molecule has 5 nitrogen and oxygen atoms in total. The summed E-state index contributed by atoms with van der Waals surface area (Å²) in [4.78, 5) is 11.7. The number of benzene rings is 1. The topological polar surface area (TPSA) is 59.6 Å². The van der Waals surface area contributed by atoms with Gasteiger partial charge in [-0.25, -0.2) is 0 Å². The summed E-state index contributed by atoms with van der Waals surface area (Å²) in [6.07, 6.45) is 0. The van der Waals surface area contributed by atoms with Crippen LogP contribution in [0.4, 0.5) is 0 Å². The summed E-state index contributed by atoms with van der Waals surface area (Å²) < 4.78 is 10.5.